The Morgan fingerprint density at radius 3 is 2.75 bits per heavy atom. The van der Waals surface area contributed by atoms with E-state index in [9.17, 15) is 4.39 Å². The van der Waals surface area contributed by atoms with Gasteiger partial charge in [0.15, 0.2) is 0 Å². The maximum atomic E-state index is 13.2. The molecule has 1 saturated heterocycles. The van der Waals surface area contributed by atoms with Crippen LogP contribution in [0.15, 0.2) is 18.2 Å². The number of hydrogen-bond acceptors (Lipinski definition) is 2. The van der Waals surface area contributed by atoms with Gasteiger partial charge < -0.3 is 5.32 Å². The number of benzene rings is 1. The highest BCUT2D eigenvalue weighted by Gasteiger charge is 2.25. The Bertz CT molecular complexity index is 451. The number of aryl methyl sites for hydroxylation is 1. The van der Waals surface area contributed by atoms with Gasteiger partial charge in [-0.15, -0.1) is 0 Å². The van der Waals surface area contributed by atoms with Crippen LogP contribution in [0.5, 0.6) is 0 Å². The maximum absolute atomic E-state index is 13.2. The molecule has 1 unspecified atom stereocenters. The van der Waals surface area contributed by atoms with Gasteiger partial charge >= 0.3 is 0 Å². The zero-order valence-electron chi connectivity index (χ0n) is 13.2. The van der Waals surface area contributed by atoms with E-state index in [0.29, 0.717) is 6.04 Å². The first-order chi connectivity index (χ1) is 9.35. The molecule has 1 heterocycles. The van der Waals surface area contributed by atoms with Crippen LogP contribution >= 0.6 is 0 Å². The predicted octanol–water partition coefficient (Wildman–Crippen LogP) is 3.49. The minimum absolute atomic E-state index is 0.140. The number of halogens is 1. The van der Waals surface area contributed by atoms with Crippen molar-refractivity contribution in [3.8, 4) is 0 Å². The summed E-state index contributed by atoms with van der Waals surface area (Å²) in [6.07, 6.45) is 2.51. The summed E-state index contributed by atoms with van der Waals surface area (Å²) >= 11 is 0. The van der Waals surface area contributed by atoms with Gasteiger partial charge in [-0.1, -0.05) is 6.07 Å². The van der Waals surface area contributed by atoms with E-state index < -0.39 is 0 Å². The van der Waals surface area contributed by atoms with E-state index in [4.69, 9.17) is 0 Å². The Labute approximate surface area is 122 Å². The van der Waals surface area contributed by atoms with E-state index in [0.717, 1.165) is 25.2 Å². The van der Waals surface area contributed by atoms with E-state index in [1.165, 1.54) is 18.4 Å². The van der Waals surface area contributed by atoms with Gasteiger partial charge in [-0.05, 0) is 70.3 Å². The molecule has 0 aliphatic carbocycles. The summed E-state index contributed by atoms with van der Waals surface area (Å²) in [5.74, 6) is -0.140. The molecule has 2 nitrogen and oxygen atoms in total. The fraction of sp³-hybridized carbons (Fsp3) is 0.647. The van der Waals surface area contributed by atoms with Gasteiger partial charge in [0, 0.05) is 24.7 Å². The summed E-state index contributed by atoms with van der Waals surface area (Å²) < 4.78 is 13.2. The first-order valence-corrected chi connectivity index (χ1v) is 7.59. The third-order valence-electron chi connectivity index (χ3n) is 4.05. The van der Waals surface area contributed by atoms with Crippen molar-refractivity contribution in [2.45, 2.75) is 58.7 Å². The highest BCUT2D eigenvalue weighted by molar-refractivity contribution is 5.26. The van der Waals surface area contributed by atoms with Crippen LogP contribution in [0.3, 0.4) is 0 Å². The standard InChI is InChI=1S/C17H27FN2/c1-13-10-15(18)8-7-14(13)12-20-9-5-6-16(20)11-19-17(2,3)4/h7-8,10,16,19H,5-6,9,11-12H2,1-4H3. The van der Waals surface area contributed by atoms with Crippen LogP contribution in [0.1, 0.15) is 44.7 Å². The summed E-state index contributed by atoms with van der Waals surface area (Å²) in [5.41, 5.74) is 2.47. The molecule has 1 aliphatic rings. The van der Waals surface area contributed by atoms with E-state index >= 15 is 0 Å². The third kappa shape index (κ3) is 4.29. The zero-order chi connectivity index (χ0) is 14.8. The average Bonchev–Trinajstić information content (AvgIpc) is 2.77. The molecular formula is C17H27FN2. The number of likely N-dealkylation sites (tertiary alicyclic amines) is 1. The van der Waals surface area contributed by atoms with Crippen LogP contribution in [-0.2, 0) is 6.54 Å². The van der Waals surface area contributed by atoms with Gasteiger partial charge in [-0.25, -0.2) is 4.39 Å². The van der Waals surface area contributed by atoms with Crippen molar-refractivity contribution in [1.82, 2.24) is 10.2 Å². The highest BCUT2D eigenvalue weighted by Crippen LogP contribution is 2.22. The van der Waals surface area contributed by atoms with Gasteiger partial charge in [0.2, 0.25) is 0 Å². The SMILES string of the molecule is Cc1cc(F)ccc1CN1CCCC1CNC(C)(C)C. The quantitative estimate of drug-likeness (QED) is 0.907. The van der Waals surface area contributed by atoms with Crippen LogP contribution in [0, 0.1) is 12.7 Å². The van der Waals surface area contributed by atoms with Gasteiger partial charge in [0.25, 0.3) is 0 Å². The molecule has 0 spiro atoms. The molecule has 0 bridgehead atoms. The van der Waals surface area contributed by atoms with Gasteiger partial charge in [-0.3, -0.25) is 4.90 Å². The zero-order valence-corrected chi connectivity index (χ0v) is 13.2. The van der Waals surface area contributed by atoms with Crippen LogP contribution in [0.4, 0.5) is 4.39 Å². The van der Waals surface area contributed by atoms with Crippen molar-refractivity contribution in [1.29, 1.82) is 0 Å². The summed E-state index contributed by atoms with van der Waals surface area (Å²) in [7, 11) is 0. The van der Waals surface area contributed by atoms with Crippen molar-refractivity contribution in [3.63, 3.8) is 0 Å². The Hall–Kier alpha value is -0.930. The van der Waals surface area contributed by atoms with Gasteiger partial charge in [0.1, 0.15) is 5.82 Å². The lowest BCUT2D eigenvalue weighted by molar-refractivity contribution is 0.225. The van der Waals surface area contributed by atoms with E-state index in [1.807, 2.05) is 13.0 Å². The molecule has 0 saturated carbocycles. The summed E-state index contributed by atoms with van der Waals surface area (Å²) in [5, 5.41) is 3.60. The Balaban J connectivity index is 1.97. The third-order valence-corrected chi connectivity index (χ3v) is 4.05. The van der Waals surface area contributed by atoms with Crippen molar-refractivity contribution < 1.29 is 4.39 Å². The average molecular weight is 278 g/mol. The predicted molar refractivity (Wildman–Crippen MR) is 82.3 cm³/mol. The molecule has 2 rings (SSSR count). The van der Waals surface area contributed by atoms with Crippen LogP contribution in [-0.4, -0.2) is 29.6 Å². The topological polar surface area (TPSA) is 15.3 Å². The van der Waals surface area contributed by atoms with Gasteiger partial charge in [0.05, 0.1) is 0 Å². The smallest absolute Gasteiger partial charge is 0.123 e. The summed E-state index contributed by atoms with van der Waals surface area (Å²) in [6, 6.07) is 5.73. The molecule has 20 heavy (non-hydrogen) atoms. The molecule has 1 aromatic rings. The fourth-order valence-electron chi connectivity index (χ4n) is 2.81. The van der Waals surface area contributed by atoms with Crippen molar-refractivity contribution in [2.75, 3.05) is 13.1 Å². The largest absolute Gasteiger partial charge is 0.311 e. The van der Waals surface area contributed by atoms with Crippen LogP contribution in [0.2, 0.25) is 0 Å². The number of nitrogens with zero attached hydrogens (tertiary/aromatic N) is 1. The molecule has 0 amide bonds. The fourth-order valence-corrected chi connectivity index (χ4v) is 2.81. The molecule has 112 valence electrons. The van der Waals surface area contributed by atoms with Crippen LogP contribution in [0.25, 0.3) is 0 Å². The second-order valence-electron chi connectivity index (χ2n) is 6.97. The number of nitrogens with one attached hydrogen (secondary N) is 1. The minimum atomic E-state index is -0.140. The molecule has 0 aromatic heterocycles. The molecule has 1 N–H and O–H groups in total. The second-order valence-corrected chi connectivity index (χ2v) is 6.97. The van der Waals surface area contributed by atoms with E-state index in [-0.39, 0.29) is 11.4 Å². The molecule has 1 atom stereocenters. The Morgan fingerprint density at radius 1 is 1.35 bits per heavy atom. The molecule has 1 aliphatic heterocycles. The monoisotopic (exact) mass is 278 g/mol. The molecule has 3 heteroatoms. The maximum Gasteiger partial charge on any atom is 0.123 e. The first-order valence-electron chi connectivity index (χ1n) is 7.59. The second kappa shape index (κ2) is 6.23. The summed E-state index contributed by atoms with van der Waals surface area (Å²) in [6.45, 7) is 11.7. The summed E-state index contributed by atoms with van der Waals surface area (Å²) in [4.78, 5) is 2.53. The van der Waals surface area contributed by atoms with Gasteiger partial charge in [-0.2, -0.15) is 0 Å². The Kier molecular flexibility index (Phi) is 4.82. The molecule has 0 radical (unpaired) electrons. The van der Waals surface area contributed by atoms with Crippen molar-refractivity contribution in [2.24, 2.45) is 0 Å². The van der Waals surface area contributed by atoms with E-state index in [2.05, 4.69) is 31.0 Å². The lowest BCUT2D eigenvalue weighted by Crippen LogP contribution is -2.45. The molecular weight excluding hydrogens is 251 g/mol. The lowest BCUT2D eigenvalue weighted by Gasteiger charge is -2.29. The molecule has 1 fully saturated rings. The minimum Gasteiger partial charge on any atom is -0.311 e. The number of hydrogen-bond donors (Lipinski definition) is 1. The number of rotatable bonds is 4. The van der Waals surface area contributed by atoms with Crippen LogP contribution < -0.4 is 5.32 Å². The first kappa shape index (κ1) is 15.5. The van der Waals surface area contributed by atoms with E-state index in [1.54, 1.807) is 12.1 Å². The normalized spacial score (nSPS) is 20.6. The van der Waals surface area contributed by atoms with Crippen molar-refractivity contribution >= 4 is 0 Å². The lowest BCUT2D eigenvalue weighted by atomic mass is 10.1. The molecule has 1 aromatic carbocycles. The highest BCUT2D eigenvalue weighted by atomic mass is 19.1. The Morgan fingerprint density at radius 2 is 2.10 bits per heavy atom. The van der Waals surface area contributed by atoms with Crippen molar-refractivity contribution in [3.05, 3.63) is 35.1 Å².